The van der Waals surface area contributed by atoms with Crippen LogP contribution in [0.4, 0.5) is 0 Å². The van der Waals surface area contributed by atoms with Gasteiger partial charge in [0, 0.05) is 12.0 Å². The number of rotatable bonds is 4. The van der Waals surface area contributed by atoms with E-state index in [9.17, 15) is 0 Å². The van der Waals surface area contributed by atoms with Crippen molar-refractivity contribution in [2.45, 2.75) is 26.0 Å². The molecule has 0 bridgehead atoms. The van der Waals surface area contributed by atoms with Crippen molar-refractivity contribution in [1.82, 2.24) is 0 Å². The molecule has 0 aromatic heterocycles. The van der Waals surface area contributed by atoms with E-state index >= 15 is 0 Å². The van der Waals surface area contributed by atoms with Crippen LogP contribution in [0.5, 0.6) is 0 Å². The minimum absolute atomic E-state index is 0.268. The summed E-state index contributed by atoms with van der Waals surface area (Å²) in [5, 5.41) is 0. The van der Waals surface area contributed by atoms with Crippen molar-refractivity contribution in [2.24, 2.45) is 0 Å². The van der Waals surface area contributed by atoms with E-state index < -0.39 is 0 Å². The predicted octanol–water partition coefficient (Wildman–Crippen LogP) is 1.15. The van der Waals surface area contributed by atoms with Gasteiger partial charge in [-0.1, -0.05) is 0 Å². The largest absolute Gasteiger partial charge is 0.422 e. The van der Waals surface area contributed by atoms with Crippen LogP contribution in [0, 0.1) is 0 Å². The van der Waals surface area contributed by atoms with Gasteiger partial charge in [-0.25, -0.2) is 0 Å². The summed E-state index contributed by atoms with van der Waals surface area (Å²) in [5.41, 5.74) is 0. The molecule has 0 amide bonds. The van der Waals surface area contributed by atoms with Crippen molar-refractivity contribution in [3.8, 4) is 0 Å². The van der Waals surface area contributed by atoms with E-state index in [1.807, 2.05) is 0 Å². The Balaban J connectivity index is 2.72. The second-order valence-corrected chi connectivity index (χ2v) is 3.79. The third-order valence-corrected chi connectivity index (χ3v) is 2.99. The molecule has 50 valence electrons. The summed E-state index contributed by atoms with van der Waals surface area (Å²) in [5.74, 6) is 0.763. The highest BCUT2D eigenvalue weighted by Gasteiger charge is 1.90. The Labute approximate surface area is 58.3 Å². The van der Waals surface area contributed by atoms with E-state index in [4.69, 9.17) is 16.0 Å². The van der Waals surface area contributed by atoms with Crippen molar-refractivity contribution in [3.05, 3.63) is 0 Å². The average molecular weight is 153 g/mol. The summed E-state index contributed by atoms with van der Waals surface area (Å²) in [6, 6.07) is 1.10. The second kappa shape index (κ2) is 5.60. The Morgan fingerprint density at radius 2 is 2.25 bits per heavy atom. The molecule has 0 atom stereocenters. The van der Waals surface area contributed by atoms with Crippen LogP contribution in [0.2, 0.25) is 6.04 Å². The van der Waals surface area contributed by atoms with Gasteiger partial charge >= 0.3 is 0 Å². The van der Waals surface area contributed by atoms with Gasteiger partial charge in [-0.15, -0.1) is 11.6 Å². The maximum atomic E-state index is 5.44. The van der Waals surface area contributed by atoms with Crippen molar-refractivity contribution in [1.29, 1.82) is 0 Å². The fourth-order valence-electron chi connectivity index (χ4n) is 0.374. The highest BCUT2D eigenvalue weighted by Crippen LogP contribution is 1.89. The summed E-state index contributed by atoms with van der Waals surface area (Å²) in [7, 11) is -0.268. The van der Waals surface area contributed by atoms with Gasteiger partial charge < -0.3 is 4.43 Å². The molecule has 0 unspecified atom stereocenters. The highest BCUT2D eigenvalue weighted by molar-refractivity contribution is 6.31. The molecule has 3 heteroatoms. The molecule has 0 radical (unpaired) electrons. The first-order chi connectivity index (χ1) is 3.77. The van der Waals surface area contributed by atoms with Crippen LogP contribution in [0.25, 0.3) is 0 Å². The smallest absolute Gasteiger partial charge is 0.163 e. The van der Waals surface area contributed by atoms with Crippen molar-refractivity contribution in [3.63, 3.8) is 0 Å². The molecule has 0 saturated heterocycles. The molecule has 0 rings (SSSR count). The van der Waals surface area contributed by atoms with Crippen LogP contribution >= 0.6 is 11.6 Å². The van der Waals surface area contributed by atoms with Gasteiger partial charge in [0.2, 0.25) is 0 Å². The fourth-order valence-corrected chi connectivity index (χ4v) is 1.45. The van der Waals surface area contributed by atoms with Crippen molar-refractivity contribution < 1.29 is 4.43 Å². The van der Waals surface area contributed by atoms with Crippen LogP contribution < -0.4 is 0 Å². The normalized spacial score (nSPS) is 12.0. The molecule has 0 spiro atoms. The average Bonchev–Trinajstić information content (AvgIpc) is 1.66. The van der Waals surface area contributed by atoms with Gasteiger partial charge in [-0.05, 0) is 19.9 Å². The zero-order valence-corrected chi connectivity index (χ0v) is 7.66. The van der Waals surface area contributed by atoms with Gasteiger partial charge in [-0.2, -0.15) is 0 Å². The zero-order chi connectivity index (χ0) is 6.41. The van der Waals surface area contributed by atoms with Gasteiger partial charge in [0.25, 0.3) is 0 Å². The summed E-state index contributed by atoms with van der Waals surface area (Å²) < 4.78 is 5.34. The van der Waals surface area contributed by atoms with E-state index in [0.29, 0.717) is 6.10 Å². The molecular formula is C5H13ClOSi. The molecule has 0 N–H and O–H groups in total. The second-order valence-electron chi connectivity index (χ2n) is 1.96. The SMILES string of the molecule is CC(C)O[SiH2]CCCl. The number of halogens is 1. The molecule has 1 nitrogen and oxygen atoms in total. The standard InChI is InChI=1S/C5H13ClOSi/c1-5(2)7-8-4-3-6/h5H,3-4,8H2,1-2H3. The highest BCUT2D eigenvalue weighted by atomic mass is 35.5. The molecule has 0 fully saturated rings. The lowest BCUT2D eigenvalue weighted by Crippen LogP contribution is -2.06. The third-order valence-electron chi connectivity index (χ3n) is 0.729. The lowest BCUT2D eigenvalue weighted by atomic mass is 10.5. The Morgan fingerprint density at radius 3 is 2.62 bits per heavy atom. The van der Waals surface area contributed by atoms with Crippen LogP contribution in [-0.4, -0.2) is 21.7 Å². The lowest BCUT2D eigenvalue weighted by molar-refractivity contribution is 0.256. The molecule has 0 heterocycles. The first-order valence-corrected chi connectivity index (χ1v) is 5.06. The third kappa shape index (κ3) is 6.47. The van der Waals surface area contributed by atoms with Crippen molar-refractivity contribution in [2.75, 3.05) is 5.88 Å². The Kier molecular flexibility index (Phi) is 5.93. The van der Waals surface area contributed by atoms with Crippen LogP contribution in [-0.2, 0) is 4.43 Å². The van der Waals surface area contributed by atoms with E-state index in [-0.39, 0.29) is 9.76 Å². The Bertz CT molecular complexity index is 49.7. The van der Waals surface area contributed by atoms with E-state index in [0.717, 1.165) is 11.9 Å². The van der Waals surface area contributed by atoms with Gasteiger partial charge in [-0.3, -0.25) is 0 Å². The molecule has 0 aromatic rings. The predicted molar refractivity (Wildman–Crippen MR) is 40.3 cm³/mol. The Hall–Kier alpha value is 0.467. The van der Waals surface area contributed by atoms with Gasteiger partial charge in [0.1, 0.15) is 0 Å². The van der Waals surface area contributed by atoms with Crippen molar-refractivity contribution >= 4 is 21.4 Å². The van der Waals surface area contributed by atoms with Crippen LogP contribution in [0.3, 0.4) is 0 Å². The number of hydrogen-bond acceptors (Lipinski definition) is 1. The topological polar surface area (TPSA) is 9.23 Å². The first-order valence-electron chi connectivity index (χ1n) is 2.95. The molecule has 8 heavy (non-hydrogen) atoms. The first kappa shape index (κ1) is 8.47. The lowest BCUT2D eigenvalue weighted by Gasteiger charge is -2.04. The summed E-state index contributed by atoms with van der Waals surface area (Å²) >= 11 is 5.44. The van der Waals surface area contributed by atoms with Crippen LogP contribution in [0.1, 0.15) is 13.8 Å². The summed E-state index contributed by atoms with van der Waals surface area (Å²) in [6.07, 6.45) is 0.407. The van der Waals surface area contributed by atoms with E-state index in [1.165, 1.54) is 0 Å². The molecule has 0 aromatic carbocycles. The van der Waals surface area contributed by atoms with Crippen LogP contribution in [0.15, 0.2) is 0 Å². The quantitative estimate of drug-likeness (QED) is 0.334. The minimum Gasteiger partial charge on any atom is -0.422 e. The zero-order valence-electron chi connectivity index (χ0n) is 5.48. The maximum absolute atomic E-state index is 5.44. The monoisotopic (exact) mass is 152 g/mol. The molecule has 0 aliphatic heterocycles. The Morgan fingerprint density at radius 1 is 1.62 bits per heavy atom. The van der Waals surface area contributed by atoms with E-state index in [2.05, 4.69) is 13.8 Å². The summed E-state index contributed by atoms with van der Waals surface area (Å²) in [4.78, 5) is 0. The minimum atomic E-state index is -0.268. The van der Waals surface area contributed by atoms with Gasteiger partial charge in [0.15, 0.2) is 9.76 Å². The van der Waals surface area contributed by atoms with Gasteiger partial charge in [0.05, 0.1) is 0 Å². The number of hydrogen-bond donors (Lipinski definition) is 0. The number of alkyl halides is 1. The van der Waals surface area contributed by atoms with E-state index in [1.54, 1.807) is 0 Å². The summed E-state index contributed by atoms with van der Waals surface area (Å²) in [6.45, 7) is 4.11. The molecular weight excluding hydrogens is 140 g/mol. The molecule has 0 aliphatic carbocycles. The fraction of sp³-hybridized carbons (Fsp3) is 1.00. The molecule has 0 aliphatic rings. The maximum Gasteiger partial charge on any atom is 0.163 e. The molecule has 0 saturated carbocycles.